The van der Waals surface area contributed by atoms with Crippen molar-refractivity contribution in [3.05, 3.63) is 101 Å². The summed E-state index contributed by atoms with van der Waals surface area (Å²) >= 11 is 0. The number of urea groups is 1. The lowest BCUT2D eigenvalue weighted by Gasteiger charge is -2.23. The normalized spacial score (nSPS) is 17.8. The number of fused-ring (bicyclic) bond motifs is 2. The van der Waals surface area contributed by atoms with Gasteiger partial charge in [0.1, 0.15) is 17.0 Å². The molecule has 42 heavy (non-hydrogen) atoms. The number of nitrogens with zero attached hydrogens (tertiary/aromatic N) is 2. The number of carbonyl (C=O) groups excluding carboxylic acids is 2. The van der Waals surface area contributed by atoms with Gasteiger partial charge in [-0.3, -0.25) is 14.7 Å². The van der Waals surface area contributed by atoms with E-state index in [2.05, 4.69) is 54.7 Å². The Bertz CT molecular complexity index is 1620. The molecule has 3 amide bonds. The lowest BCUT2D eigenvalue weighted by molar-refractivity contribution is -0.131. The summed E-state index contributed by atoms with van der Waals surface area (Å²) in [5, 5.41) is 3.97. The van der Waals surface area contributed by atoms with Crippen molar-refractivity contribution < 1.29 is 19.1 Å². The Balaban J connectivity index is 1.02. The molecule has 216 valence electrons. The third-order valence-corrected chi connectivity index (χ3v) is 8.43. The van der Waals surface area contributed by atoms with Gasteiger partial charge in [-0.1, -0.05) is 61.4 Å². The van der Waals surface area contributed by atoms with Gasteiger partial charge in [0, 0.05) is 36.5 Å². The summed E-state index contributed by atoms with van der Waals surface area (Å²) in [4.78, 5) is 32.2. The molecule has 3 heterocycles. The smallest absolute Gasteiger partial charge is 0.325 e. The van der Waals surface area contributed by atoms with Crippen molar-refractivity contribution in [3.63, 3.8) is 0 Å². The van der Waals surface area contributed by atoms with Crippen molar-refractivity contribution in [2.24, 2.45) is 0 Å². The summed E-state index contributed by atoms with van der Waals surface area (Å²) in [7, 11) is 0. The first kappa shape index (κ1) is 27.8. The van der Waals surface area contributed by atoms with Crippen molar-refractivity contribution in [1.82, 2.24) is 15.2 Å². The van der Waals surface area contributed by atoms with Crippen molar-refractivity contribution in [1.29, 1.82) is 0 Å². The number of aryl methyl sites for hydroxylation is 1. The minimum Gasteiger partial charge on any atom is -0.493 e. The van der Waals surface area contributed by atoms with Crippen LogP contribution >= 0.6 is 0 Å². The fourth-order valence-corrected chi connectivity index (χ4v) is 5.99. The van der Waals surface area contributed by atoms with Crippen LogP contribution in [0.3, 0.4) is 0 Å². The summed E-state index contributed by atoms with van der Waals surface area (Å²) in [6, 6.07) is 22.0. The molecule has 0 aliphatic carbocycles. The predicted molar refractivity (Wildman–Crippen MR) is 163 cm³/mol. The highest BCUT2D eigenvalue weighted by Gasteiger charge is 2.48. The number of aromatic nitrogens is 1. The number of hydrogen-bond donors (Lipinski definition) is 1. The molecule has 1 atom stereocenters. The van der Waals surface area contributed by atoms with Crippen LogP contribution in [0.1, 0.15) is 60.4 Å². The quantitative estimate of drug-likeness (QED) is 0.167. The number of unbranched alkanes of at least 4 members (excludes halogenated alkanes) is 3. The van der Waals surface area contributed by atoms with Gasteiger partial charge in [0.15, 0.2) is 0 Å². The zero-order valence-electron chi connectivity index (χ0n) is 24.3. The van der Waals surface area contributed by atoms with Crippen LogP contribution in [-0.2, 0) is 23.2 Å². The highest BCUT2D eigenvalue weighted by atomic mass is 16.5. The van der Waals surface area contributed by atoms with Crippen LogP contribution in [0.2, 0.25) is 0 Å². The molecule has 3 aromatic carbocycles. The molecule has 7 heteroatoms. The number of ether oxygens (including phenoxy) is 2. The maximum absolute atomic E-state index is 13.3. The molecule has 6 rings (SSSR count). The summed E-state index contributed by atoms with van der Waals surface area (Å²) in [6.07, 6.45) is 7.01. The van der Waals surface area contributed by atoms with Gasteiger partial charge in [0.05, 0.1) is 18.7 Å². The molecular formula is C35H37N3O4. The Morgan fingerprint density at radius 1 is 1.00 bits per heavy atom. The fourth-order valence-electron chi connectivity index (χ4n) is 5.99. The summed E-state index contributed by atoms with van der Waals surface area (Å²) in [5.41, 5.74) is 5.23. The second-order valence-electron chi connectivity index (χ2n) is 11.4. The molecule has 0 saturated carbocycles. The van der Waals surface area contributed by atoms with E-state index in [0.717, 1.165) is 83.2 Å². The second-order valence-corrected chi connectivity index (χ2v) is 11.4. The maximum Gasteiger partial charge on any atom is 0.325 e. The van der Waals surface area contributed by atoms with E-state index in [4.69, 9.17) is 14.5 Å². The number of nitrogens with one attached hydrogen (secondary N) is 1. The molecule has 0 spiro atoms. The van der Waals surface area contributed by atoms with Crippen LogP contribution in [0.4, 0.5) is 4.79 Å². The van der Waals surface area contributed by atoms with Gasteiger partial charge < -0.3 is 14.8 Å². The van der Waals surface area contributed by atoms with E-state index in [9.17, 15) is 9.59 Å². The van der Waals surface area contributed by atoms with Gasteiger partial charge in [-0.25, -0.2) is 4.79 Å². The molecule has 7 nitrogen and oxygen atoms in total. The van der Waals surface area contributed by atoms with E-state index in [1.807, 2.05) is 30.5 Å². The van der Waals surface area contributed by atoms with Gasteiger partial charge in [0.25, 0.3) is 5.91 Å². The first-order chi connectivity index (χ1) is 20.4. The topological polar surface area (TPSA) is 80.8 Å². The van der Waals surface area contributed by atoms with Crippen LogP contribution in [0.5, 0.6) is 11.5 Å². The van der Waals surface area contributed by atoms with Gasteiger partial charge in [-0.2, -0.15) is 0 Å². The summed E-state index contributed by atoms with van der Waals surface area (Å²) in [6.45, 7) is 5.52. The Hall–Kier alpha value is -4.39. The van der Waals surface area contributed by atoms with Crippen molar-refractivity contribution in [2.75, 3.05) is 19.8 Å². The van der Waals surface area contributed by atoms with E-state index in [0.29, 0.717) is 19.8 Å². The van der Waals surface area contributed by atoms with E-state index in [-0.39, 0.29) is 11.9 Å². The Morgan fingerprint density at radius 3 is 2.69 bits per heavy atom. The highest BCUT2D eigenvalue weighted by molar-refractivity contribution is 6.07. The third-order valence-electron chi connectivity index (χ3n) is 8.43. The molecule has 1 fully saturated rings. The zero-order valence-corrected chi connectivity index (χ0v) is 24.3. The van der Waals surface area contributed by atoms with Crippen LogP contribution in [0.15, 0.2) is 72.9 Å². The Morgan fingerprint density at radius 2 is 1.83 bits per heavy atom. The first-order valence-corrected chi connectivity index (χ1v) is 14.9. The van der Waals surface area contributed by atoms with Gasteiger partial charge in [-0.05, 0) is 67.1 Å². The van der Waals surface area contributed by atoms with Gasteiger partial charge >= 0.3 is 6.03 Å². The fraction of sp³-hybridized carbons (Fsp3) is 0.343. The molecule has 1 N–H and O–H groups in total. The summed E-state index contributed by atoms with van der Waals surface area (Å²) < 4.78 is 12.0. The number of carbonyl (C=O) groups is 2. The first-order valence-electron chi connectivity index (χ1n) is 14.9. The lowest BCUT2D eigenvalue weighted by Crippen LogP contribution is -2.41. The zero-order chi connectivity index (χ0) is 29.1. The molecule has 1 saturated heterocycles. The number of benzene rings is 3. The average Bonchev–Trinajstić information content (AvgIpc) is 3.56. The van der Waals surface area contributed by atoms with E-state index in [1.165, 1.54) is 10.5 Å². The SMILES string of the molecule is Cc1cccc2c(OCCCCCCN3C(=O)NC(C)(c4ccc5c(c4)CCO5)C3=O)c(Cc3ccccc3)cnc12. The van der Waals surface area contributed by atoms with Crippen molar-refractivity contribution in [3.8, 4) is 11.5 Å². The highest BCUT2D eigenvalue weighted by Crippen LogP contribution is 2.35. The third kappa shape index (κ3) is 5.43. The molecule has 4 aromatic rings. The van der Waals surface area contributed by atoms with Crippen LogP contribution in [0.25, 0.3) is 10.9 Å². The Kier molecular flexibility index (Phi) is 7.83. The van der Waals surface area contributed by atoms with Crippen LogP contribution in [0, 0.1) is 6.92 Å². The van der Waals surface area contributed by atoms with Crippen molar-refractivity contribution >= 4 is 22.8 Å². The standard InChI is InChI=1S/C35H37N3O4/c1-24-11-10-14-29-31(24)36-23-27(21-25-12-6-5-7-13-25)32(29)42-19-9-4-3-8-18-38-33(39)35(2,37-34(38)40)28-15-16-30-26(22-28)17-20-41-30/h5-7,10-16,22-23H,3-4,8-9,17-21H2,1-2H3,(H,37,40). The molecular weight excluding hydrogens is 526 g/mol. The minimum absolute atomic E-state index is 0.194. The largest absolute Gasteiger partial charge is 0.493 e. The van der Waals surface area contributed by atoms with Gasteiger partial charge in [0.2, 0.25) is 0 Å². The number of rotatable bonds is 11. The van der Waals surface area contributed by atoms with E-state index < -0.39 is 5.54 Å². The second kappa shape index (κ2) is 11.8. The molecule has 2 aliphatic heterocycles. The summed E-state index contributed by atoms with van der Waals surface area (Å²) in [5.74, 6) is 1.57. The molecule has 1 unspecified atom stereocenters. The number of imide groups is 1. The number of hydrogen-bond acceptors (Lipinski definition) is 5. The molecule has 1 aromatic heterocycles. The molecule has 0 radical (unpaired) electrons. The van der Waals surface area contributed by atoms with Crippen LogP contribution < -0.4 is 14.8 Å². The Labute approximate surface area is 246 Å². The number of para-hydroxylation sites is 1. The van der Waals surface area contributed by atoms with Crippen molar-refractivity contribution in [2.45, 2.75) is 57.9 Å². The van der Waals surface area contributed by atoms with Crippen LogP contribution in [-0.4, -0.2) is 41.6 Å². The van der Waals surface area contributed by atoms with Gasteiger partial charge in [-0.15, -0.1) is 0 Å². The lowest BCUT2D eigenvalue weighted by atomic mass is 9.90. The maximum atomic E-state index is 13.3. The predicted octanol–water partition coefficient (Wildman–Crippen LogP) is 6.48. The number of amides is 3. The minimum atomic E-state index is -1.05. The number of pyridine rings is 1. The molecule has 0 bridgehead atoms. The van der Waals surface area contributed by atoms with E-state index in [1.54, 1.807) is 6.92 Å². The van der Waals surface area contributed by atoms with E-state index >= 15 is 0 Å². The molecule has 2 aliphatic rings. The monoisotopic (exact) mass is 563 g/mol. The average molecular weight is 564 g/mol.